The molecule has 150 valence electrons. The Hall–Kier alpha value is -3.86. The van der Waals surface area contributed by atoms with Gasteiger partial charge >= 0.3 is 5.97 Å². The molecule has 30 heavy (non-hydrogen) atoms. The van der Waals surface area contributed by atoms with E-state index in [1.807, 2.05) is 44.2 Å². The topological polar surface area (TPSA) is 65.7 Å². The highest BCUT2D eigenvalue weighted by atomic mass is 16.5. The minimum atomic E-state index is -0.475. The van der Waals surface area contributed by atoms with Crippen LogP contribution in [0.3, 0.4) is 0 Å². The van der Waals surface area contributed by atoms with Gasteiger partial charge in [0.05, 0.1) is 10.9 Å². The van der Waals surface area contributed by atoms with Crippen LogP contribution in [0.4, 0.5) is 0 Å². The Kier molecular flexibility index (Phi) is 5.35. The average molecular weight is 400 g/mol. The molecule has 0 aliphatic heterocycles. The third kappa shape index (κ3) is 3.96. The molecule has 0 unspecified atom stereocenters. The van der Waals surface area contributed by atoms with Crippen LogP contribution in [-0.2, 0) is 6.42 Å². The van der Waals surface area contributed by atoms with Crippen LogP contribution in [0.5, 0.6) is 17.2 Å². The fourth-order valence-corrected chi connectivity index (χ4v) is 3.18. The second kappa shape index (κ2) is 8.25. The summed E-state index contributed by atoms with van der Waals surface area (Å²) in [6, 6.07) is 19.3. The van der Waals surface area contributed by atoms with Crippen molar-refractivity contribution < 1.29 is 18.7 Å². The van der Waals surface area contributed by atoms with E-state index in [-0.39, 0.29) is 11.2 Å². The number of fused-ring (bicyclic) bond motifs is 1. The highest BCUT2D eigenvalue weighted by molar-refractivity contribution is 5.91. The predicted octanol–water partition coefficient (Wildman–Crippen LogP) is 5.68. The van der Waals surface area contributed by atoms with Crippen molar-refractivity contribution in [3.05, 3.63) is 99.9 Å². The summed E-state index contributed by atoms with van der Waals surface area (Å²) in [4.78, 5) is 25.2. The number of esters is 1. The fraction of sp³-hybridized carbons (Fsp3) is 0.120. The Morgan fingerprint density at radius 1 is 0.967 bits per heavy atom. The summed E-state index contributed by atoms with van der Waals surface area (Å²) in [5.74, 6) is 0.543. The fourth-order valence-electron chi connectivity index (χ4n) is 3.18. The second-order valence-electron chi connectivity index (χ2n) is 6.91. The van der Waals surface area contributed by atoms with Crippen molar-refractivity contribution in [1.29, 1.82) is 0 Å². The zero-order valence-corrected chi connectivity index (χ0v) is 16.7. The molecule has 0 saturated heterocycles. The molecular weight excluding hydrogens is 380 g/mol. The van der Waals surface area contributed by atoms with E-state index in [4.69, 9.17) is 13.9 Å². The Labute approximate surface area is 173 Å². The van der Waals surface area contributed by atoms with E-state index in [9.17, 15) is 9.59 Å². The summed E-state index contributed by atoms with van der Waals surface area (Å²) >= 11 is 0. The van der Waals surface area contributed by atoms with Crippen LogP contribution >= 0.6 is 0 Å². The first kappa shape index (κ1) is 19.5. The van der Waals surface area contributed by atoms with Gasteiger partial charge in [-0.1, -0.05) is 42.8 Å². The minimum Gasteiger partial charge on any atom is -0.460 e. The van der Waals surface area contributed by atoms with Gasteiger partial charge in [0.15, 0.2) is 0 Å². The molecule has 0 aliphatic carbocycles. The lowest BCUT2D eigenvalue weighted by atomic mass is 10.1. The van der Waals surface area contributed by atoms with E-state index in [1.54, 1.807) is 30.3 Å². The molecule has 4 rings (SSSR count). The zero-order chi connectivity index (χ0) is 21.1. The molecule has 0 aliphatic rings. The zero-order valence-electron chi connectivity index (χ0n) is 16.7. The first-order valence-corrected chi connectivity index (χ1v) is 9.65. The lowest BCUT2D eigenvalue weighted by Crippen LogP contribution is -2.09. The molecule has 1 heterocycles. The van der Waals surface area contributed by atoms with E-state index in [2.05, 4.69) is 0 Å². The third-order valence-corrected chi connectivity index (χ3v) is 4.75. The molecule has 4 aromatic rings. The summed E-state index contributed by atoms with van der Waals surface area (Å²) in [6.07, 6.45) is 2.06. The van der Waals surface area contributed by atoms with Gasteiger partial charge in [-0.3, -0.25) is 4.79 Å². The normalized spacial score (nSPS) is 10.7. The smallest absolute Gasteiger partial charge is 0.343 e. The van der Waals surface area contributed by atoms with E-state index < -0.39 is 5.97 Å². The summed E-state index contributed by atoms with van der Waals surface area (Å²) < 4.78 is 16.8. The van der Waals surface area contributed by atoms with Crippen LogP contribution in [0.25, 0.3) is 11.0 Å². The maximum atomic E-state index is 12.8. The van der Waals surface area contributed by atoms with Gasteiger partial charge < -0.3 is 13.9 Å². The van der Waals surface area contributed by atoms with E-state index in [1.165, 1.54) is 12.3 Å². The molecule has 0 bridgehead atoms. The first-order valence-electron chi connectivity index (χ1n) is 9.65. The molecule has 5 heteroatoms. The Morgan fingerprint density at radius 3 is 2.60 bits per heavy atom. The molecular formula is C25H20O5. The molecule has 3 aromatic carbocycles. The Balaban J connectivity index is 1.61. The number of rotatable bonds is 5. The SMILES string of the molecule is CCc1ccccc1Oc1coc2cc(OC(=O)c3cccc(C)c3)ccc2c1=O. The molecule has 0 radical (unpaired) electrons. The van der Waals surface area contributed by atoms with Gasteiger partial charge in [0, 0.05) is 6.07 Å². The summed E-state index contributed by atoms with van der Waals surface area (Å²) in [5.41, 5.74) is 2.43. The largest absolute Gasteiger partial charge is 0.460 e. The monoisotopic (exact) mass is 400 g/mol. The number of benzene rings is 3. The Morgan fingerprint density at radius 2 is 1.80 bits per heavy atom. The summed E-state index contributed by atoms with van der Waals surface area (Å²) in [6.45, 7) is 3.92. The van der Waals surface area contributed by atoms with Crippen molar-refractivity contribution in [2.45, 2.75) is 20.3 Å². The number of hydrogen-bond acceptors (Lipinski definition) is 5. The van der Waals surface area contributed by atoms with Gasteiger partial charge in [0.2, 0.25) is 11.2 Å². The van der Waals surface area contributed by atoms with Gasteiger partial charge in [0.25, 0.3) is 0 Å². The van der Waals surface area contributed by atoms with Crippen molar-refractivity contribution in [2.24, 2.45) is 0 Å². The number of carbonyl (C=O) groups excluding carboxylic acids is 1. The molecule has 5 nitrogen and oxygen atoms in total. The summed E-state index contributed by atoms with van der Waals surface area (Å²) in [7, 11) is 0. The van der Waals surface area contributed by atoms with Crippen molar-refractivity contribution in [2.75, 3.05) is 0 Å². The van der Waals surface area contributed by atoms with Crippen LogP contribution in [0.15, 0.2) is 82.2 Å². The lowest BCUT2D eigenvalue weighted by molar-refractivity contribution is 0.0735. The van der Waals surface area contributed by atoms with Crippen LogP contribution in [0.1, 0.15) is 28.4 Å². The number of ether oxygens (including phenoxy) is 2. The lowest BCUT2D eigenvalue weighted by Gasteiger charge is -2.10. The number of para-hydroxylation sites is 1. The molecule has 0 amide bonds. The van der Waals surface area contributed by atoms with Gasteiger partial charge in [0.1, 0.15) is 23.3 Å². The average Bonchev–Trinajstić information content (AvgIpc) is 2.76. The summed E-state index contributed by atoms with van der Waals surface area (Å²) in [5, 5.41) is 0.344. The van der Waals surface area contributed by atoms with Crippen molar-refractivity contribution in [3.8, 4) is 17.2 Å². The molecule has 1 aromatic heterocycles. The molecule has 0 fully saturated rings. The van der Waals surface area contributed by atoms with Crippen LogP contribution in [-0.4, -0.2) is 5.97 Å². The second-order valence-corrected chi connectivity index (χ2v) is 6.91. The van der Waals surface area contributed by atoms with Crippen molar-refractivity contribution >= 4 is 16.9 Å². The standard InChI is InChI=1S/C25H20O5/c1-3-17-8-4-5-10-21(17)30-23-15-28-22-14-19(11-12-20(22)24(23)26)29-25(27)18-9-6-7-16(2)13-18/h4-15H,3H2,1-2H3. The first-order chi connectivity index (χ1) is 14.5. The predicted molar refractivity (Wildman–Crippen MR) is 115 cm³/mol. The van der Waals surface area contributed by atoms with Crippen LogP contribution in [0.2, 0.25) is 0 Å². The number of carbonyl (C=O) groups is 1. The van der Waals surface area contributed by atoms with Crippen LogP contribution < -0.4 is 14.9 Å². The van der Waals surface area contributed by atoms with Crippen LogP contribution in [0, 0.1) is 6.92 Å². The maximum Gasteiger partial charge on any atom is 0.343 e. The highest BCUT2D eigenvalue weighted by Crippen LogP contribution is 2.26. The Bertz CT molecular complexity index is 1290. The molecule has 0 saturated carbocycles. The van der Waals surface area contributed by atoms with Crippen molar-refractivity contribution in [1.82, 2.24) is 0 Å². The van der Waals surface area contributed by atoms with Gasteiger partial charge in [-0.2, -0.15) is 0 Å². The third-order valence-electron chi connectivity index (χ3n) is 4.75. The van der Waals surface area contributed by atoms with E-state index in [0.717, 1.165) is 17.5 Å². The number of aryl methyl sites for hydroxylation is 2. The molecule has 0 spiro atoms. The minimum absolute atomic E-state index is 0.105. The maximum absolute atomic E-state index is 12.8. The highest BCUT2D eigenvalue weighted by Gasteiger charge is 2.14. The van der Waals surface area contributed by atoms with Crippen molar-refractivity contribution in [3.63, 3.8) is 0 Å². The van der Waals surface area contributed by atoms with Gasteiger partial charge in [-0.05, 0) is 49.2 Å². The molecule has 0 atom stereocenters. The quantitative estimate of drug-likeness (QED) is 0.319. The van der Waals surface area contributed by atoms with E-state index in [0.29, 0.717) is 28.0 Å². The molecule has 0 N–H and O–H groups in total. The van der Waals surface area contributed by atoms with E-state index >= 15 is 0 Å². The number of hydrogen-bond donors (Lipinski definition) is 0. The van der Waals surface area contributed by atoms with Gasteiger partial charge in [-0.25, -0.2) is 4.79 Å². The van der Waals surface area contributed by atoms with Gasteiger partial charge in [-0.15, -0.1) is 0 Å².